The van der Waals surface area contributed by atoms with E-state index in [4.69, 9.17) is 5.73 Å². The quantitative estimate of drug-likeness (QED) is 0.631. The highest BCUT2D eigenvalue weighted by molar-refractivity contribution is 5.78. The molecular weight excluding hydrogens is 178 g/mol. The van der Waals surface area contributed by atoms with Gasteiger partial charge in [0.05, 0.1) is 0 Å². The average molecular weight is 199 g/mol. The maximum Gasteiger partial charge on any atom is 0.237 e. The smallest absolute Gasteiger partial charge is 0.237 e. The second kappa shape index (κ2) is 4.75. The summed E-state index contributed by atoms with van der Waals surface area (Å²) < 4.78 is 0. The summed E-state index contributed by atoms with van der Waals surface area (Å²) in [6.45, 7) is 2.12. The minimum Gasteiger partial charge on any atom is -0.327 e. The molecule has 0 spiro atoms. The molecule has 1 fully saturated rings. The number of hydrazine groups is 1. The van der Waals surface area contributed by atoms with Gasteiger partial charge in [-0.1, -0.05) is 6.92 Å². The Morgan fingerprint density at radius 2 is 2.07 bits per heavy atom. The van der Waals surface area contributed by atoms with Crippen molar-refractivity contribution in [2.45, 2.75) is 32.2 Å². The fraction of sp³-hybridized carbons (Fsp3) is 0.900. The van der Waals surface area contributed by atoms with Crippen LogP contribution in [0.1, 0.15) is 26.2 Å². The van der Waals surface area contributed by atoms with Gasteiger partial charge in [-0.3, -0.25) is 10.2 Å². The Bertz CT molecular complexity index is 206. The third-order valence-electron chi connectivity index (χ3n) is 2.94. The number of hydrogen-bond donors (Lipinski definition) is 2. The number of hydrogen-bond acceptors (Lipinski definition) is 3. The molecule has 1 rings (SSSR count). The van der Waals surface area contributed by atoms with Gasteiger partial charge in [0.25, 0.3) is 0 Å². The molecule has 0 radical (unpaired) electrons. The molecule has 1 amide bonds. The zero-order valence-corrected chi connectivity index (χ0v) is 9.29. The molecule has 14 heavy (non-hydrogen) atoms. The van der Waals surface area contributed by atoms with E-state index in [0.717, 1.165) is 19.3 Å². The first-order valence-electron chi connectivity index (χ1n) is 5.24. The lowest BCUT2D eigenvalue weighted by molar-refractivity contribution is -0.130. The summed E-state index contributed by atoms with van der Waals surface area (Å²) >= 11 is 0. The Labute approximate surface area is 85.8 Å². The van der Waals surface area contributed by atoms with E-state index in [1.807, 2.05) is 14.1 Å². The van der Waals surface area contributed by atoms with Crippen molar-refractivity contribution in [2.24, 2.45) is 17.6 Å². The summed E-state index contributed by atoms with van der Waals surface area (Å²) in [6.07, 6.45) is 2.80. The van der Waals surface area contributed by atoms with E-state index in [9.17, 15) is 4.79 Å². The van der Waals surface area contributed by atoms with E-state index < -0.39 is 0 Å². The summed E-state index contributed by atoms with van der Waals surface area (Å²) in [5, 5.41) is 1.70. The molecule has 4 nitrogen and oxygen atoms in total. The van der Waals surface area contributed by atoms with E-state index in [2.05, 4.69) is 12.3 Å². The van der Waals surface area contributed by atoms with Crippen LogP contribution < -0.4 is 11.2 Å². The van der Waals surface area contributed by atoms with E-state index in [1.165, 1.54) is 0 Å². The van der Waals surface area contributed by atoms with E-state index in [0.29, 0.717) is 5.92 Å². The molecule has 1 aliphatic rings. The molecular formula is C10H21N3O. The summed E-state index contributed by atoms with van der Waals surface area (Å²) in [5.74, 6) is 0.739. The molecule has 3 atom stereocenters. The SMILES string of the molecule is CC1CC(C(=O)NN(C)C)CCC1N. The Morgan fingerprint density at radius 3 is 2.57 bits per heavy atom. The number of amides is 1. The Kier molecular flexibility index (Phi) is 3.89. The van der Waals surface area contributed by atoms with Crippen LogP contribution in [0.4, 0.5) is 0 Å². The van der Waals surface area contributed by atoms with Crippen molar-refractivity contribution in [3.8, 4) is 0 Å². The molecule has 3 unspecified atom stereocenters. The normalized spacial score (nSPS) is 33.1. The summed E-state index contributed by atoms with van der Waals surface area (Å²) in [5.41, 5.74) is 8.70. The van der Waals surface area contributed by atoms with Crippen molar-refractivity contribution in [1.82, 2.24) is 10.4 Å². The highest BCUT2D eigenvalue weighted by atomic mass is 16.2. The van der Waals surface area contributed by atoms with Crippen molar-refractivity contribution in [3.63, 3.8) is 0 Å². The Hall–Kier alpha value is -0.610. The van der Waals surface area contributed by atoms with Crippen molar-refractivity contribution in [2.75, 3.05) is 14.1 Å². The molecule has 0 aromatic heterocycles. The lowest BCUT2D eigenvalue weighted by Crippen LogP contribution is -2.44. The maximum atomic E-state index is 11.7. The number of carbonyl (C=O) groups is 1. The fourth-order valence-electron chi connectivity index (χ4n) is 1.97. The third-order valence-corrected chi connectivity index (χ3v) is 2.94. The highest BCUT2D eigenvalue weighted by Gasteiger charge is 2.29. The van der Waals surface area contributed by atoms with Crippen molar-refractivity contribution < 1.29 is 4.79 Å². The zero-order valence-electron chi connectivity index (χ0n) is 9.29. The standard InChI is InChI=1S/C10H21N3O/c1-7-6-8(4-5-9(7)11)10(14)12-13(2)3/h7-9H,4-6,11H2,1-3H3,(H,12,14). The maximum absolute atomic E-state index is 11.7. The van der Waals surface area contributed by atoms with Gasteiger partial charge >= 0.3 is 0 Å². The van der Waals surface area contributed by atoms with Gasteiger partial charge in [-0.15, -0.1) is 0 Å². The Balaban J connectivity index is 2.42. The molecule has 0 aliphatic heterocycles. The van der Waals surface area contributed by atoms with Crippen LogP contribution in [-0.4, -0.2) is 31.1 Å². The topological polar surface area (TPSA) is 58.4 Å². The average Bonchev–Trinajstić information content (AvgIpc) is 2.08. The molecule has 3 N–H and O–H groups in total. The first-order valence-corrected chi connectivity index (χ1v) is 5.24. The van der Waals surface area contributed by atoms with Gasteiger partial charge in [-0.2, -0.15) is 0 Å². The predicted octanol–water partition coefficient (Wildman–Crippen LogP) is 0.343. The molecule has 0 bridgehead atoms. The van der Waals surface area contributed by atoms with Crippen LogP contribution in [0.3, 0.4) is 0 Å². The first-order chi connectivity index (χ1) is 6.50. The monoisotopic (exact) mass is 199 g/mol. The molecule has 1 saturated carbocycles. The van der Waals surface area contributed by atoms with E-state index in [-0.39, 0.29) is 17.9 Å². The number of nitrogens with two attached hydrogens (primary N) is 1. The Morgan fingerprint density at radius 1 is 1.43 bits per heavy atom. The first kappa shape index (κ1) is 11.5. The third kappa shape index (κ3) is 2.96. The van der Waals surface area contributed by atoms with Crippen LogP contribution in [0.2, 0.25) is 0 Å². The second-order valence-corrected chi connectivity index (χ2v) is 4.52. The number of carbonyl (C=O) groups excluding carboxylic acids is 1. The minimum absolute atomic E-state index is 0.133. The molecule has 0 aromatic rings. The van der Waals surface area contributed by atoms with Crippen LogP contribution in [-0.2, 0) is 4.79 Å². The largest absolute Gasteiger partial charge is 0.327 e. The number of nitrogens with zero attached hydrogens (tertiary/aromatic N) is 1. The molecule has 1 aliphatic carbocycles. The highest BCUT2D eigenvalue weighted by Crippen LogP contribution is 2.27. The van der Waals surface area contributed by atoms with Gasteiger partial charge in [0.1, 0.15) is 0 Å². The summed E-state index contributed by atoms with van der Waals surface area (Å²) in [4.78, 5) is 11.7. The molecule has 0 heterocycles. The molecule has 82 valence electrons. The van der Waals surface area contributed by atoms with Gasteiger partial charge in [0.15, 0.2) is 0 Å². The molecule has 0 saturated heterocycles. The van der Waals surface area contributed by atoms with Crippen LogP contribution in [0.25, 0.3) is 0 Å². The molecule has 4 heteroatoms. The summed E-state index contributed by atoms with van der Waals surface area (Å²) in [7, 11) is 3.66. The van der Waals surface area contributed by atoms with Crippen LogP contribution in [0.5, 0.6) is 0 Å². The van der Waals surface area contributed by atoms with Crippen molar-refractivity contribution in [1.29, 1.82) is 0 Å². The van der Waals surface area contributed by atoms with Gasteiger partial charge in [-0.05, 0) is 25.2 Å². The van der Waals surface area contributed by atoms with Crippen LogP contribution >= 0.6 is 0 Å². The lowest BCUT2D eigenvalue weighted by atomic mass is 9.79. The van der Waals surface area contributed by atoms with E-state index in [1.54, 1.807) is 5.01 Å². The van der Waals surface area contributed by atoms with Gasteiger partial charge < -0.3 is 5.73 Å². The fourth-order valence-corrected chi connectivity index (χ4v) is 1.97. The summed E-state index contributed by atoms with van der Waals surface area (Å²) in [6, 6.07) is 0.276. The van der Waals surface area contributed by atoms with Crippen molar-refractivity contribution >= 4 is 5.91 Å². The molecule has 0 aromatic carbocycles. The van der Waals surface area contributed by atoms with Crippen LogP contribution in [0, 0.1) is 11.8 Å². The van der Waals surface area contributed by atoms with E-state index >= 15 is 0 Å². The second-order valence-electron chi connectivity index (χ2n) is 4.52. The number of rotatable bonds is 2. The predicted molar refractivity (Wildman–Crippen MR) is 56.3 cm³/mol. The van der Waals surface area contributed by atoms with Crippen molar-refractivity contribution in [3.05, 3.63) is 0 Å². The zero-order chi connectivity index (χ0) is 10.7. The van der Waals surface area contributed by atoms with Crippen LogP contribution in [0.15, 0.2) is 0 Å². The van der Waals surface area contributed by atoms with Gasteiger partial charge in [0.2, 0.25) is 5.91 Å². The minimum atomic E-state index is 0.133. The lowest BCUT2D eigenvalue weighted by Gasteiger charge is -2.31. The van der Waals surface area contributed by atoms with Gasteiger partial charge in [0, 0.05) is 26.1 Å². The number of nitrogens with one attached hydrogen (secondary N) is 1. The van der Waals surface area contributed by atoms with Gasteiger partial charge in [-0.25, -0.2) is 5.01 Å².